The molecule has 0 N–H and O–H groups in total. The summed E-state index contributed by atoms with van der Waals surface area (Å²) in [4.78, 5) is 11.7. The molecule has 0 aliphatic carbocycles. The summed E-state index contributed by atoms with van der Waals surface area (Å²) in [5, 5.41) is 0. The van der Waals surface area contributed by atoms with E-state index in [1.807, 2.05) is 67.6 Å². The van der Waals surface area contributed by atoms with Gasteiger partial charge in [0, 0.05) is 14.0 Å². The van der Waals surface area contributed by atoms with Gasteiger partial charge in [0.05, 0.1) is 25.9 Å². The monoisotopic (exact) mass is 386 g/mol. The fourth-order valence-corrected chi connectivity index (χ4v) is 2.97. The zero-order valence-corrected chi connectivity index (χ0v) is 16.9. The Morgan fingerprint density at radius 2 is 1.46 bits per heavy atom. The van der Waals surface area contributed by atoms with Crippen molar-refractivity contribution in [3.05, 3.63) is 71.8 Å². The average molecular weight is 386 g/mol. The number of benzene rings is 2. The Kier molecular flexibility index (Phi) is 9.69. The highest BCUT2D eigenvalue weighted by Gasteiger charge is 2.32. The SMILES string of the molecule is CCC(OCc1ccccc1)C(OC(C)=O)C(COCc1ccccc1)OC. The lowest BCUT2D eigenvalue weighted by molar-refractivity contribution is -0.176. The summed E-state index contributed by atoms with van der Waals surface area (Å²) in [6, 6.07) is 19.8. The first-order valence-corrected chi connectivity index (χ1v) is 9.61. The molecule has 3 atom stereocenters. The number of carbonyl (C=O) groups excluding carboxylic acids is 1. The maximum Gasteiger partial charge on any atom is 0.303 e. The van der Waals surface area contributed by atoms with Crippen LogP contribution in [0.3, 0.4) is 0 Å². The molecule has 2 aromatic carbocycles. The summed E-state index contributed by atoms with van der Waals surface area (Å²) in [7, 11) is 1.59. The number of esters is 1. The molecule has 3 unspecified atom stereocenters. The first-order valence-electron chi connectivity index (χ1n) is 9.61. The zero-order valence-electron chi connectivity index (χ0n) is 16.9. The van der Waals surface area contributed by atoms with Crippen LogP contribution in [0.2, 0.25) is 0 Å². The first-order chi connectivity index (χ1) is 13.6. The Bertz CT molecular complexity index is 674. The summed E-state index contributed by atoms with van der Waals surface area (Å²) < 4.78 is 23.1. The van der Waals surface area contributed by atoms with Crippen LogP contribution in [0.1, 0.15) is 31.4 Å². The van der Waals surface area contributed by atoms with Crippen molar-refractivity contribution in [2.45, 2.75) is 51.8 Å². The molecule has 28 heavy (non-hydrogen) atoms. The van der Waals surface area contributed by atoms with Gasteiger partial charge in [0.15, 0.2) is 6.10 Å². The molecule has 0 saturated carbocycles. The van der Waals surface area contributed by atoms with Crippen LogP contribution in [0.25, 0.3) is 0 Å². The largest absolute Gasteiger partial charge is 0.457 e. The van der Waals surface area contributed by atoms with Crippen molar-refractivity contribution in [3.8, 4) is 0 Å². The lowest BCUT2D eigenvalue weighted by Crippen LogP contribution is -2.45. The van der Waals surface area contributed by atoms with E-state index in [4.69, 9.17) is 18.9 Å². The predicted octanol–water partition coefficient (Wildman–Crippen LogP) is 4.15. The quantitative estimate of drug-likeness (QED) is 0.513. The third kappa shape index (κ3) is 7.43. The van der Waals surface area contributed by atoms with Gasteiger partial charge in [-0.05, 0) is 17.5 Å². The molecule has 2 rings (SSSR count). The highest BCUT2D eigenvalue weighted by atomic mass is 16.6. The van der Waals surface area contributed by atoms with Crippen LogP contribution in [0.4, 0.5) is 0 Å². The number of hydrogen-bond acceptors (Lipinski definition) is 5. The van der Waals surface area contributed by atoms with Crippen molar-refractivity contribution in [2.75, 3.05) is 13.7 Å². The molecule has 0 bridgehead atoms. The Balaban J connectivity index is 1.99. The number of ether oxygens (including phenoxy) is 4. The van der Waals surface area contributed by atoms with Gasteiger partial charge in [-0.3, -0.25) is 4.79 Å². The predicted molar refractivity (Wildman–Crippen MR) is 108 cm³/mol. The van der Waals surface area contributed by atoms with Crippen molar-refractivity contribution in [3.63, 3.8) is 0 Å². The highest BCUT2D eigenvalue weighted by molar-refractivity contribution is 5.66. The molecule has 0 aromatic heterocycles. The summed E-state index contributed by atoms with van der Waals surface area (Å²) in [6.45, 7) is 4.61. The smallest absolute Gasteiger partial charge is 0.303 e. The lowest BCUT2D eigenvalue weighted by Gasteiger charge is -2.31. The second-order valence-corrected chi connectivity index (χ2v) is 6.59. The van der Waals surface area contributed by atoms with E-state index in [0.717, 1.165) is 11.1 Å². The van der Waals surface area contributed by atoms with Gasteiger partial charge >= 0.3 is 5.97 Å². The van der Waals surface area contributed by atoms with Crippen LogP contribution >= 0.6 is 0 Å². The van der Waals surface area contributed by atoms with E-state index in [0.29, 0.717) is 26.2 Å². The van der Waals surface area contributed by atoms with Crippen molar-refractivity contribution in [1.29, 1.82) is 0 Å². The van der Waals surface area contributed by atoms with Crippen LogP contribution in [0, 0.1) is 0 Å². The summed E-state index contributed by atoms with van der Waals surface area (Å²) in [5.41, 5.74) is 2.14. The molecule has 0 aliphatic heterocycles. The van der Waals surface area contributed by atoms with Gasteiger partial charge in [-0.25, -0.2) is 0 Å². The minimum Gasteiger partial charge on any atom is -0.457 e. The maximum atomic E-state index is 11.7. The molecule has 0 spiro atoms. The fourth-order valence-electron chi connectivity index (χ4n) is 2.97. The van der Waals surface area contributed by atoms with E-state index in [1.54, 1.807) is 7.11 Å². The molecular weight excluding hydrogens is 356 g/mol. The van der Waals surface area contributed by atoms with Gasteiger partial charge in [-0.1, -0.05) is 67.6 Å². The normalized spacial score (nSPS) is 14.2. The van der Waals surface area contributed by atoms with Gasteiger partial charge in [-0.2, -0.15) is 0 Å². The molecule has 0 saturated heterocycles. The Morgan fingerprint density at radius 1 is 0.893 bits per heavy atom. The summed E-state index contributed by atoms with van der Waals surface area (Å²) in [5.74, 6) is -0.364. The van der Waals surface area contributed by atoms with Crippen LogP contribution in [0.5, 0.6) is 0 Å². The minimum atomic E-state index is -0.549. The first kappa shape index (κ1) is 22.1. The second kappa shape index (κ2) is 12.3. The average Bonchev–Trinajstić information content (AvgIpc) is 2.72. The zero-order chi connectivity index (χ0) is 20.2. The van der Waals surface area contributed by atoms with Crippen LogP contribution in [-0.2, 0) is 37.0 Å². The molecule has 5 heteroatoms. The van der Waals surface area contributed by atoms with E-state index in [9.17, 15) is 4.79 Å². The lowest BCUT2D eigenvalue weighted by atomic mass is 10.1. The van der Waals surface area contributed by atoms with Crippen LogP contribution in [0.15, 0.2) is 60.7 Å². The highest BCUT2D eigenvalue weighted by Crippen LogP contribution is 2.18. The molecule has 152 valence electrons. The van der Waals surface area contributed by atoms with Crippen molar-refractivity contribution in [1.82, 2.24) is 0 Å². The van der Waals surface area contributed by atoms with E-state index in [1.165, 1.54) is 6.92 Å². The van der Waals surface area contributed by atoms with E-state index in [-0.39, 0.29) is 12.1 Å². The number of rotatable bonds is 12. The Morgan fingerprint density at radius 3 is 1.96 bits per heavy atom. The van der Waals surface area contributed by atoms with E-state index in [2.05, 4.69) is 0 Å². The van der Waals surface area contributed by atoms with Crippen molar-refractivity contribution in [2.24, 2.45) is 0 Å². The Labute approximate surface area is 167 Å². The van der Waals surface area contributed by atoms with Gasteiger partial charge in [-0.15, -0.1) is 0 Å². The molecule has 0 radical (unpaired) electrons. The molecule has 0 aliphatic rings. The van der Waals surface area contributed by atoms with Gasteiger partial charge in [0.25, 0.3) is 0 Å². The van der Waals surface area contributed by atoms with E-state index >= 15 is 0 Å². The van der Waals surface area contributed by atoms with Gasteiger partial charge in [0.2, 0.25) is 0 Å². The van der Waals surface area contributed by atoms with Crippen molar-refractivity contribution < 1.29 is 23.7 Å². The molecule has 0 heterocycles. The fraction of sp³-hybridized carbons (Fsp3) is 0.435. The topological polar surface area (TPSA) is 54.0 Å². The summed E-state index contributed by atoms with van der Waals surface area (Å²) in [6.07, 6.45) is -0.585. The number of carbonyl (C=O) groups is 1. The molecule has 2 aromatic rings. The van der Waals surface area contributed by atoms with Crippen molar-refractivity contribution >= 4 is 5.97 Å². The minimum absolute atomic E-state index is 0.297. The maximum absolute atomic E-state index is 11.7. The molecular formula is C23H30O5. The van der Waals surface area contributed by atoms with Crippen LogP contribution in [-0.4, -0.2) is 38.0 Å². The molecule has 0 fully saturated rings. The number of hydrogen-bond donors (Lipinski definition) is 0. The third-order valence-electron chi connectivity index (χ3n) is 4.44. The third-order valence-corrected chi connectivity index (χ3v) is 4.44. The molecule has 5 nitrogen and oxygen atoms in total. The second-order valence-electron chi connectivity index (χ2n) is 6.59. The van der Waals surface area contributed by atoms with E-state index < -0.39 is 12.2 Å². The van der Waals surface area contributed by atoms with Crippen LogP contribution < -0.4 is 0 Å². The van der Waals surface area contributed by atoms with Gasteiger partial charge < -0.3 is 18.9 Å². The standard InChI is InChI=1S/C23H30O5/c1-4-21(27-16-20-13-9-6-10-14-20)23(28-18(2)24)22(25-3)17-26-15-19-11-7-5-8-12-19/h5-14,21-23H,4,15-17H2,1-3H3. The number of methoxy groups -OCH3 is 1. The Hall–Kier alpha value is -2.21. The molecule has 0 amide bonds. The van der Waals surface area contributed by atoms with Gasteiger partial charge in [0.1, 0.15) is 6.10 Å². The summed E-state index contributed by atoms with van der Waals surface area (Å²) >= 11 is 0.